The van der Waals surface area contributed by atoms with E-state index in [4.69, 9.17) is 5.73 Å². The SMILES string of the molecule is CC1CC(C(=O)NCCOCC(F)(F)F)CCC1N. The Balaban J connectivity index is 2.14. The van der Waals surface area contributed by atoms with Crippen molar-refractivity contribution in [3.05, 3.63) is 0 Å². The lowest BCUT2D eigenvalue weighted by molar-refractivity contribution is -0.173. The van der Waals surface area contributed by atoms with Gasteiger partial charge in [0.1, 0.15) is 6.61 Å². The molecule has 112 valence electrons. The van der Waals surface area contributed by atoms with Gasteiger partial charge in [-0.1, -0.05) is 6.92 Å². The number of hydrogen-bond acceptors (Lipinski definition) is 3. The minimum absolute atomic E-state index is 0.0857. The molecule has 0 aromatic carbocycles. The van der Waals surface area contributed by atoms with Crippen LogP contribution in [0, 0.1) is 11.8 Å². The highest BCUT2D eigenvalue weighted by molar-refractivity contribution is 5.78. The molecule has 1 fully saturated rings. The van der Waals surface area contributed by atoms with Crippen molar-refractivity contribution in [2.24, 2.45) is 17.6 Å². The Morgan fingerprint density at radius 1 is 1.42 bits per heavy atom. The third-order valence-corrected chi connectivity index (χ3v) is 3.42. The number of carbonyl (C=O) groups is 1. The largest absolute Gasteiger partial charge is 0.411 e. The molecule has 4 nitrogen and oxygen atoms in total. The first-order valence-corrected chi connectivity index (χ1v) is 6.47. The lowest BCUT2D eigenvalue weighted by Crippen LogP contribution is -2.41. The van der Waals surface area contributed by atoms with E-state index in [0.29, 0.717) is 5.92 Å². The molecule has 0 spiro atoms. The topological polar surface area (TPSA) is 64.3 Å². The Kier molecular flexibility index (Phi) is 6.06. The number of nitrogens with one attached hydrogen (secondary N) is 1. The number of nitrogens with two attached hydrogens (primary N) is 1. The summed E-state index contributed by atoms with van der Waals surface area (Å²) in [5, 5.41) is 2.60. The van der Waals surface area contributed by atoms with Crippen molar-refractivity contribution in [2.45, 2.75) is 38.4 Å². The maximum atomic E-state index is 11.8. The van der Waals surface area contributed by atoms with E-state index in [-0.39, 0.29) is 31.0 Å². The maximum Gasteiger partial charge on any atom is 0.411 e. The molecule has 1 saturated carbocycles. The van der Waals surface area contributed by atoms with E-state index < -0.39 is 12.8 Å². The van der Waals surface area contributed by atoms with E-state index in [1.165, 1.54) is 0 Å². The van der Waals surface area contributed by atoms with Crippen molar-refractivity contribution >= 4 is 5.91 Å². The first-order valence-electron chi connectivity index (χ1n) is 6.47. The number of ether oxygens (including phenoxy) is 1. The van der Waals surface area contributed by atoms with Gasteiger partial charge >= 0.3 is 6.18 Å². The lowest BCUT2D eigenvalue weighted by atomic mass is 9.79. The summed E-state index contributed by atoms with van der Waals surface area (Å²) in [7, 11) is 0. The van der Waals surface area contributed by atoms with Crippen LogP contribution in [-0.2, 0) is 9.53 Å². The van der Waals surface area contributed by atoms with Crippen LogP contribution in [0.1, 0.15) is 26.2 Å². The fraction of sp³-hybridized carbons (Fsp3) is 0.917. The highest BCUT2D eigenvalue weighted by atomic mass is 19.4. The molecule has 19 heavy (non-hydrogen) atoms. The highest BCUT2D eigenvalue weighted by Crippen LogP contribution is 2.27. The summed E-state index contributed by atoms with van der Waals surface area (Å²) in [6, 6.07) is 0.138. The molecule has 3 atom stereocenters. The van der Waals surface area contributed by atoms with E-state index in [9.17, 15) is 18.0 Å². The second-order valence-corrected chi connectivity index (χ2v) is 5.11. The quantitative estimate of drug-likeness (QED) is 0.750. The van der Waals surface area contributed by atoms with Gasteiger partial charge in [0.15, 0.2) is 0 Å². The molecule has 0 radical (unpaired) electrons. The molecule has 0 heterocycles. The summed E-state index contributed by atoms with van der Waals surface area (Å²) >= 11 is 0. The zero-order valence-corrected chi connectivity index (χ0v) is 11.0. The summed E-state index contributed by atoms with van der Waals surface area (Å²) in [6.07, 6.45) is -2.04. The molecule has 7 heteroatoms. The standard InChI is InChI=1S/C12H21F3N2O2/c1-8-6-9(2-3-10(8)16)11(18)17-4-5-19-7-12(13,14)15/h8-10H,2-7,16H2,1H3,(H,17,18). The minimum Gasteiger partial charge on any atom is -0.370 e. The average Bonchev–Trinajstić information content (AvgIpc) is 2.30. The summed E-state index contributed by atoms with van der Waals surface area (Å²) < 4.78 is 39.8. The van der Waals surface area contributed by atoms with Crippen LogP contribution >= 0.6 is 0 Å². The number of alkyl halides is 3. The second kappa shape index (κ2) is 7.09. The Labute approximate surface area is 110 Å². The average molecular weight is 282 g/mol. The number of amides is 1. The number of hydrogen-bond donors (Lipinski definition) is 2. The van der Waals surface area contributed by atoms with Crippen molar-refractivity contribution in [1.82, 2.24) is 5.32 Å². The van der Waals surface area contributed by atoms with E-state index in [0.717, 1.165) is 19.3 Å². The molecule has 3 unspecified atom stereocenters. The van der Waals surface area contributed by atoms with Crippen LogP contribution in [0.25, 0.3) is 0 Å². The van der Waals surface area contributed by atoms with E-state index >= 15 is 0 Å². The summed E-state index contributed by atoms with van der Waals surface area (Å²) in [5.74, 6) is 0.0951. The molecular weight excluding hydrogens is 261 g/mol. The Morgan fingerprint density at radius 3 is 2.68 bits per heavy atom. The van der Waals surface area contributed by atoms with Crippen LogP contribution in [0.15, 0.2) is 0 Å². The number of rotatable bonds is 5. The van der Waals surface area contributed by atoms with Gasteiger partial charge in [0.2, 0.25) is 5.91 Å². The fourth-order valence-corrected chi connectivity index (χ4v) is 2.24. The van der Waals surface area contributed by atoms with Crippen LogP contribution in [0.3, 0.4) is 0 Å². The summed E-state index contributed by atoms with van der Waals surface area (Å²) in [4.78, 5) is 11.8. The first-order chi connectivity index (χ1) is 8.79. The van der Waals surface area contributed by atoms with Gasteiger partial charge in [0, 0.05) is 18.5 Å². The summed E-state index contributed by atoms with van der Waals surface area (Å²) in [5.41, 5.74) is 5.86. The van der Waals surface area contributed by atoms with Crippen molar-refractivity contribution in [2.75, 3.05) is 19.8 Å². The zero-order chi connectivity index (χ0) is 14.5. The number of halogens is 3. The zero-order valence-electron chi connectivity index (χ0n) is 11.0. The van der Waals surface area contributed by atoms with E-state index in [1.54, 1.807) is 0 Å². The molecule has 0 saturated heterocycles. The normalized spacial score (nSPS) is 28.2. The molecule has 3 N–H and O–H groups in total. The third-order valence-electron chi connectivity index (χ3n) is 3.42. The molecular formula is C12H21F3N2O2. The van der Waals surface area contributed by atoms with Gasteiger partial charge in [-0.15, -0.1) is 0 Å². The van der Waals surface area contributed by atoms with Crippen molar-refractivity contribution in [3.8, 4) is 0 Å². The smallest absolute Gasteiger partial charge is 0.370 e. The van der Waals surface area contributed by atoms with Crippen LogP contribution in [-0.4, -0.2) is 37.9 Å². The van der Waals surface area contributed by atoms with E-state index in [1.807, 2.05) is 6.92 Å². The van der Waals surface area contributed by atoms with Gasteiger partial charge in [-0.2, -0.15) is 13.2 Å². The molecule has 1 aliphatic carbocycles. The molecule has 0 aromatic heterocycles. The van der Waals surface area contributed by atoms with Crippen molar-refractivity contribution in [3.63, 3.8) is 0 Å². The molecule has 0 aliphatic heterocycles. The molecule has 0 aromatic rings. The number of carbonyl (C=O) groups excluding carboxylic acids is 1. The lowest BCUT2D eigenvalue weighted by Gasteiger charge is -2.31. The van der Waals surface area contributed by atoms with Crippen molar-refractivity contribution < 1.29 is 22.7 Å². The molecule has 1 aliphatic rings. The summed E-state index contributed by atoms with van der Waals surface area (Å²) in [6.45, 7) is 0.702. The molecule has 0 bridgehead atoms. The van der Waals surface area contributed by atoms with Crippen LogP contribution in [0.4, 0.5) is 13.2 Å². The van der Waals surface area contributed by atoms with Crippen molar-refractivity contribution in [1.29, 1.82) is 0 Å². The van der Waals surface area contributed by atoms with Gasteiger partial charge < -0.3 is 15.8 Å². The van der Waals surface area contributed by atoms with Gasteiger partial charge in [-0.25, -0.2) is 0 Å². The fourth-order valence-electron chi connectivity index (χ4n) is 2.24. The Bertz CT molecular complexity index is 297. The first kappa shape index (κ1) is 16.2. The predicted molar refractivity (Wildman–Crippen MR) is 64.4 cm³/mol. The molecule has 1 amide bonds. The Hall–Kier alpha value is -0.820. The third kappa shape index (κ3) is 6.24. The van der Waals surface area contributed by atoms with Gasteiger partial charge in [0.05, 0.1) is 6.61 Å². The second-order valence-electron chi connectivity index (χ2n) is 5.11. The van der Waals surface area contributed by atoms with Crippen LogP contribution in [0.2, 0.25) is 0 Å². The van der Waals surface area contributed by atoms with Gasteiger partial charge in [-0.05, 0) is 25.2 Å². The monoisotopic (exact) mass is 282 g/mol. The van der Waals surface area contributed by atoms with Crippen LogP contribution in [0.5, 0.6) is 0 Å². The van der Waals surface area contributed by atoms with Gasteiger partial charge in [-0.3, -0.25) is 4.79 Å². The van der Waals surface area contributed by atoms with E-state index in [2.05, 4.69) is 10.1 Å². The maximum absolute atomic E-state index is 11.8. The Morgan fingerprint density at radius 2 is 2.11 bits per heavy atom. The minimum atomic E-state index is -4.32. The highest BCUT2D eigenvalue weighted by Gasteiger charge is 2.29. The molecule has 1 rings (SSSR count). The predicted octanol–water partition coefficient (Wildman–Crippen LogP) is 1.44. The van der Waals surface area contributed by atoms with Gasteiger partial charge in [0.25, 0.3) is 0 Å². The van der Waals surface area contributed by atoms with Crippen LogP contribution < -0.4 is 11.1 Å².